The highest BCUT2D eigenvalue weighted by molar-refractivity contribution is 6.25. The molecule has 36 heavy (non-hydrogen) atoms. The number of nitrogens with two attached hydrogens (primary N) is 1. The molecule has 3 N–H and O–H groups in total. The van der Waals surface area contributed by atoms with Gasteiger partial charge in [0.15, 0.2) is 0 Å². The van der Waals surface area contributed by atoms with E-state index < -0.39 is 18.1 Å². The van der Waals surface area contributed by atoms with E-state index in [1.807, 2.05) is 53.7 Å². The van der Waals surface area contributed by atoms with E-state index in [2.05, 4.69) is 30.0 Å². The van der Waals surface area contributed by atoms with Gasteiger partial charge < -0.3 is 15.6 Å². The summed E-state index contributed by atoms with van der Waals surface area (Å²) in [7, 11) is 0. The molecule has 0 saturated carbocycles. The van der Waals surface area contributed by atoms with Crippen LogP contribution >= 0.6 is 11.6 Å². The first kappa shape index (κ1) is 37.5. The summed E-state index contributed by atoms with van der Waals surface area (Å²) in [5, 5.41) is 8.73. The van der Waals surface area contributed by atoms with Gasteiger partial charge in [0, 0.05) is 5.54 Å². The van der Waals surface area contributed by atoms with Crippen molar-refractivity contribution in [1.82, 2.24) is 0 Å². The van der Waals surface area contributed by atoms with E-state index in [1.165, 1.54) is 23.8 Å². The lowest BCUT2D eigenvalue weighted by Crippen LogP contribution is -2.18. The Bertz CT molecular complexity index is 841. The number of carbonyl (C=O) groups is 1. The lowest BCUT2D eigenvalue weighted by Gasteiger charge is -2.12. The number of ether oxygens (including phenoxy) is 1. The second-order valence-corrected chi connectivity index (χ2v) is 8.33. The number of alkyl halides is 1. The van der Waals surface area contributed by atoms with Crippen LogP contribution in [0.1, 0.15) is 61.3 Å². The van der Waals surface area contributed by atoms with Crippen molar-refractivity contribution in [3.63, 3.8) is 0 Å². The number of amidine groups is 1. The Labute approximate surface area is 223 Å². The summed E-state index contributed by atoms with van der Waals surface area (Å²) in [6.07, 6.45) is 12.7. The van der Waals surface area contributed by atoms with Gasteiger partial charge in [0.2, 0.25) is 0 Å². The van der Waals surface area contributed by atoms with Crippen molar-refractivity contribution in [2.45, 2.75) is 73.5 Å². The molecule has 0 radical (unpaired) electrons. The zero-order chi connectivity index (χ0) is 28.6. The number of halogens is 2. The Balaban J connectivity index is -0.000000622. The van der Waals surface area contributed by atoms with Crippen molar-refractivity contribution in [2.75, 3.05) is 0 Å². The molecule has 0 aliphatic heterocycles. The molecule has 0 aromatic rings. The summed E-state index contributed by atoms with van der Waals surface area (Å²) in [5.41, 5.74) is 6.97. The smallest absolute Gasteiger partial charge is 0.307 e. The lowest BCUT2D eigenvalue weighted by atomic mass is 9.96. The van der Waals surface area contributed by atoms with E-state index in [0.717, 1.165) is 6.42 Å². The molecule has 3 atom stereocenters. The monoisotopic (exact) mass is 522 g/mol. The number of aliphatic imine (C=N–C) groups is 1. The van der Waals surface area contributed by atoms with Crippen LogP contribution in [0.3, 0.4) is 0 Å². The highest BCUT2D eigenvalue weighted by Crippen LogP contribution is 2.16. The molecular weight excluding hydrogens is 479 g/mol. The second kappa shape index (κ2) is 23.7. The number of allylic oxidation sites excluding steroid dienone is 6. The maximum absolute atomic E-state index is 13.0. The van der Waals surface area contributed by atoms with Crippen molar-refractivity contribution < 1.29 is 19.0 Å². The average molecular weight is 523 g/mol. The molecule has 0 heterocycles. The van der Waals surface area contributed by atoms with Crippen LogP contribution in [-0.2, 0) is 9.53 Å². The van der Waals surface area contributed by atoms with Crippen LogP contribution in [0.5, 0.6) is 0 Å². The van der Waals surface area contributed by atoms with Crippen LogP contribution in [0.4, 0.5) is 4.39 Å². The normalized spacial score (nSPS) is 14.5. The maximum Gasteiger partial charge on any atom is 0.307 e. The highest BCUT2D eigenvalue weighted by Gasteiger charge is 2.10. The third kappa shape index (κ3) is 25.6. The van der Waals surface area contributed by atoms with Crippen LogP contribution < -0.4 is 5.73 Å². The molecule has 3 unspecified atom stereocenters. The van der Waals surface area contributed by atoms with Crippen LogP contribution in [0.2, 0.25) is 0 Å². The van der Waals surface area contributed by atoms with Crippen molar-refractivity contribution in [3.8, 4) is 11.8 Å². The van der Waals surface area contributed by atoms with Gasteiger partial charge in [-0.2, -0.15) is 0 Å². The molecule has 0 amide bonds. The number of carboxylic acids is 1. The van der Waals surface area contributed by atoms with Gasteiger partial charge in [-0.15, -0.1) is 13.2 Å². The fraction of sp³-hybridized carbons (Fsp3) is 0.448. The predicted octanol–water partition coefficient (Wildman–Crippen LogP) is 7.73. The minimum Gasteiger partial charge on any atom is -0.481 e. The molecule has 0 aromatic carbocycles. The third-order valence-electron chi connectivity index (χ3n) is 3.64. The Morgan fingerprint density at radius 2 is 1.89 bits per heavy atom. The first-order valence-corrected chi connectivity index (χ1v) is 12.3. The molecular formula is C29H44ClFN2O3. The van der Waals surface area contributed by atoms with E-state index in [4.69, 9.17) is 27.2 Å². The number of hydrogen-bond donors (Lipinski definition) is 2. The molecule has 0 aromatic heterocycles. The van der Waals surface area contributed by atoms with Crippen molar-refractivity contribution in [2.24, 2.45) is 22.1 Å². The minimum absolute atomic E-state index is 0.0486. The molecule has 0 aliphatic carbocycles. The van der Waals surface area contributed by atoms with Gasteiger partial charge in [-0.25, -0.2) is 9.38 Å². The first-order chi connectivity index (χ1) is 16.9. The number of carboxylic acid groups (broad SMARTS) is 1. The van der Waals surface area contributed by atoms with E-state index in [0.29, 0.717) is 5.76 Å². The zero-order valence-corrected chi connectivity index (χ0v) is 23.6. The van der Waals surface area contributed by atoms with E-state index in [1.54, 1.807) is 25.2 Å². The van der Waals surface area contributed by atoms with Crippen molar-refractivity contribution in [1.29, 1.82) is 0 Å². The van der Waals surface area contributed by atoms with Crippen LogP contribution in [0.15, 0.2) is 78.1 Å². The molecule has 0 bridgehead atoms. The van der Waals surface area contributed by atoms with Crippen LogP contribution in [0, 0.1) is 23.2 Å². The summed E-state index contributed by atoms with van der Waals surface area (Å²) in [6.45, 7) is 20.7. The Kier molecular flexibility index (Phi) is 24.7. The Morgan fingerprint density at radius 3 is 2.33 bits per heavy atom. The van der Waals surface area contributed by atoms with E-state index in [-0.39, 0.29) is 23.9 Å². The number of aliphatic carboxylic acids is 1. The van der Waals surface area contributed by atoms with Gasteiger partial charge in [-0.3, -0.25) is 4.79 Å². The molecule has 0 rings (SSSR count). The molecule has 0 aliphatic rings. The SMILES string of the molecule is C=CC(F)C(C#C/C=C/CC)C=C.CC.CC(/C=C/Cl)N=C(N)OC(/C=C\C(C)(C)C)=C/CC(=O)O. The highest BCUT2D eigenvalue weighted by atomic mass is 35.5. The van der Waals surface area contributed by atoms with Gasteiger partial charge in [-0.05, 0) is 43.1 Å². The standard InChI is InChI=1S/C15H23ClN2O3.C12H15F.C2H6/c1-11(8-10-16)18-14(17)21-12(5-6-13(19)20)7-9-15(2,3)4;1-4-7-8-9-10-11(5-2)12(13)6-3;1-2/h5,7-11H,6H2,1-4H3,(H2,17,18)(H,19,20);5-8,11-12H,2-4H2,1H3;1-2H3/b9-7-,10-8+,12-5+;8-7+;. The summed E-state index contributed by atoms with van der Waals surface area (Å²) in [4.78, 5) is 14.7. The lowest BCUT2D eigenvalue weighted by molar-refractivity contribution is -0.136. The van der Waals surface area contributed by atoms with E-state index >= 15 is 0 Å². The number of rotatable bonds is 10. The largest absolute Gasteiger partial charge is 0.481 e. The van der Waals surface area contributed by atoms with Crippen molar-refractivity contribution >= 4 is 23.6 Å². The summed E-state index contributed by atoms with van der Waals surface area (Å²) < 4.78 is 18.4. The molecule has 0 fully saturated rings. The van der Waals surface area contributed by atoms with Gasteiger partial charge in [0.1, 0.15) is 11.9 Å². The van der Waals surface area contributed by atoms with Gasteiger partial charge in [0.05, 0.1) is 18.4 Å². The zero-order valence-electron chi connectivity index (χ0n) is 22.8. The fourth-order valence-corrected chi connectivity index (χ4v) is 2.11. The summed E-state index contributed by atoms with van der Waals surface area (Å²) in [5.74, 6) is 4.46. The fourth-order valence-electron chi connectivity index (χ4n) is 1.90. The molecule has 0 spiro atoms. The molecule has 0 saturated heterocycles. The Hall–Kier alpha value is -3.04. The molecule has 5 nitrogen and oxygen atoms in total. The first-order valence-electron chi connectivity index (χ1n) is 11.8. The minimum atomic E-state index is -1.12. The Morgan fingerprint density at radius 1 is 1.28 bits per heavy atom. The predicted molar refractivity (Wildman–Crippen MR) is 153 cm³/mol. The van der Waals surface area contributed by atoms with E-state index in [9.17, 15) is 9.18 Å². The quantitative estimate of drug-likeness (QED) is 0.0767. The number of nitrogens with zero attached hydrogens (tertiary/aromatic N) is 1. The number of hydrogen-bond acceptors (Lipinski definition) is 3. The topological polar surface area (TPSA) is 84.9 Å². The van der Waals surface area contributed by atoms with Crippen molar-refractivity contribution in [3.05, 3.63) is 73.1 Å². The van der Waals surface area contributed by atoms with Crippen LogP contribution in [0.25, 0.3) is 0 Å². The van der Waals surface area contributed by atoms with Gasteiger partial charge in [-0.1, -0.05) is 89.3 Å². The molecule has 7 heteroatoms. The summed E-state index contributed by atoms with van der Waals surface area (Å²) in [6, 6.07) is -0.276. The second-order valence-electron chi connectivity index (χ2n) is 8.07. The summed E-state index contributed by atoms with van der Waals surface area (Å²) >= 11 is 5.45. The third-order valence-corrected chi connectivity index (χ3v) is 3.78. The average Bonchev–Trinajstić information content (AvgIpc) is 2.81. The van der Waals surface area contributed by atoms with Gasteiger partial charge >= 0.3 is 5.97 Å². The van der Waals surface area contributed by atoms with Crippen LogP contribution in [-0.4, -0.2) is 29.3 Å². The maximum atomic E-state index is 13.0. The van der Waals surface area contributed by atoms with Gasteiger partial charge in [0.25, 0.3) is 6.02 Å². The molecule has 202 valence electrons.